The van der Waals surface area contributed by atoms with Crippen molar-refractivity contribution in [2.24, 2.45) is 0 Å². The summed E-state index contributed by atoms with van der Waals surface area (Å²) in [6.45, 7) is 3.07. The molecule has 1 aromatic rings. The van der Waals surface area contributed by atoms with Gasteiger partial charge in [-0.2, -0.15) is 12.6 Å². The molecule has 0 fully saturated rings. The number of benzene rings is 1. The Bertz CT molecular complexity index is 350. The highest BCUT2D eigenvalue weighted by atomic mass is 32.1. The lowest BCUT2D eigenvalue weighted by atomic mass is 10.1. The number of carbonyl (C=O) groups is 1. The Morgan fingerprint density at radius 1 is 1.33 bits per heavy atom. The SMILES string of the molecule is CCCN(CCO)C(=O)C(S)Cc1ccccc1. The molecule has 1 aromatic carbocycles. The third-order valence-electron chi connectivity index (χ3n) is 2.73. The molecule has 1 unspecified atom stereocenters. The summed E-state index contributed by atoms with van der Waals surface area (Å²) in [5.41, 5.74) is 1.10. The van der Waals surface area contributed by atoms with Crippen molar-refractivity contribution in [3.63, 3.8) is 0 Å². The van der Waals surface area contributed by atoms with E-state index in [4.69, 9.17) is 5.11 Å². The first-order valence-electron chi connectivity index (χ1n) is 6.30. The number of thiol groups is 1. The molecule has 0 aromatic heterocycles. The number of amides is 1. The van der Waals surface area contributed by atoms with Crippen molar-refractivity contribution >= 4 is 18.5 Å². The molecule has 1 amide bonds. The van der Waals surface area contributed by atoms with Crippen molar-refractivity contribution in [3.8, 4) is 0 Å². The first-order chi connectivity index (χ1) is 8.69. The molecule has 0 bridgehead atoms. The Balaban J connectivity index is 2.58. The van der Waals surface area contributed by atoms with Crippen LogP contribution in [-0.2, 0) is 11.2 Å². The molecule has 1 N–H and O–H groups in total. The molecule has 0 saturated heterocycles. The number of carbonyl (C=O) groups excluding carboxylic acids is 1. The summed E-state index contributed by atoms with van der Waals surface area (Å²) < 4.78 is 0. The molecule has 4 heteroatoms. The lowest BCUT2D eigenvalue weighted by Gasteiger charge is -2.24. The first kappa shape index (κ1) is 15.1. The van der Waals surface area contributed by atoms with Crippen molar-refractivity contribution in [3.05, 3.63) is 35.9 Å². The minimum absolute atomic E-state index is 0.00177. The largest absolute Gasteiger partial charge is 0.395 e. The lowest BCUT2D eigenvalue weighted by Crippen LogP contribution is -2.40. The van der Waals surface area contributed by atoms with Gasteiger partial charge in [0.05, 0.1) is 11.9 Å². The molecule has 1 rings (SSSR count). The van der Waals surface area contributed by atoms with Gasteiger partial charge in [0.25, 0.3) is 0 Å². The number of aliphatic hydroxyl groups excluding tert-OH is 1. The van der Waals surface area contributed by atoms with Crippen molar-refractivity contribution in [1.82, 2.24) is 4.90 Å². The van der Waals surface area contributed by atoms with E-state index in [9.17, 15) is 4.79 Å². The summed E-state index contributed by atoms with van der Waals surface area (Å²) in [6.07, 6.45) is 1.51. The smallest absolute Gasteiger partial charge is 0.235 e. The Morgan fingerprint density at radius 2 is 2.00 bits per heavy atom. The predicted octanol–water partition coefficient (Wildman–Crippen LogP) is 1.76. The first-order valence-corrected chi connectivity index (χ1v) is 6.82. The molecule has 0 spiro atoms. The minimum atomic E-state index is -0.342. The molecule has 0 aliphatic carbocycles. The fourth-order valence-corrected chi connectivity index (χ4v) is 2.23. The number of aliphatic hydroxyl groups is 1. The molecule has 0 aliphatic heterocycles. The van der Waals surface area contributed by atoms with E-state index in [1.807, 2.05) is 37.3 Å². The normalized spacial score (nSPS) is 12.2. The quantitative estimate of drug-likeness (QED) is 0.739. The van der Waals surface area contributed by atoms with Gasteiger partial charge in [-0.25, -0.2) is 0 Å². The van der Waals surface area contributed by atoms with E-state index in [1.165, 1.54) is 0 Å². The second-order valence-corrected chi connectivity index (χ2v) is 4.88. The Kier molecular flexibility index (Phi) is 6.83. The van der Waals surface area contributed by atoms with E-state index >= 15 is 0 Å². The van der Waals surface area contributed by atoms with E-state index in [2.05, 4.69) is 12.6 Å². The monoisotopic (exact) mass is 267 g/mol. The van der Waals surface area contributed by atoms with E-state index in [0.717, 1.165) is 12.0 Å². The van der Waals surface area contributed by atoms with Gasteiger partial charge in [0, 0.05) is 13.1 Å². The van der Waals surface area contributed by atoms with Gasteiger partial charge in [-0.1, -0.05) is 37.3 Å². The Morgan fingerprint density at radius 3 is 2.56 bits per heavy atom. The van der Waals surface area contributed by atoms with E-state index < -0.39 is 0 Å². The Labute approximate surface area is 114 Å². The molecule has 0 heterocycles. The van der Waals surface area contributed by atoms with E-state index in [-0.39, 0.29) is 17.8 Å². The van der Waals surface area contributed by atoms with E-state index in [1.54, 1.807) is 4.90 Å². The standard InChI is InChI=1S/C14H21NO2S/c1-2-8-15(9-10-16)14(17)13(18)11-12-6-4-3-5-7-12/h3-7,13,16,18H,2,8-11H2,1H3. The van der Waals surface area contributed by atoms with E-state index in [0.29, 0.717) is 19.5 Å². The number of hydrogen-bond donors (Lipinski definition) is 2. The molecule has 0 saturated carbocycles. The highest BCUT2D eigenvalue weighted by Crippen LogP contribution is 2.11. The van der Waals surface area contributed by atoms with Crippen molar-refractivity contribution in [2.45, 2.75) is 25.0 Å². The number of rotatable bonds is 7. The van der Waals surface area contributed by atoms with Gasteiger partial charge in [0.15, 0.2) is 0 Å². The van der Waals surface area contributed by atoms with Gasteiger partial charge in [0.1, 0.15) is 0 Å². The number of hydrogen-bond acceptors (Lipinski definition) is 3. The van der Waals surface area contributed by atoms with Crippen molar-refractivity contribution < 1.29 is 9.90 Å². The van der Waals surface area contributed by atoms with Crippen molar-refractivity contribution in [2.75, 3.05) is 19.7 Å². The van der Waals surface area contributed by atoms with Gasteiger partial charge in [0.2, 0.25) is 5.91 Å². The van der Waals surface area contributed by atoms with Gasteiger partial charge < -0.3 is 10.0 Å². The average Bonchev–Trinajstić information content (AvgIpc) is 2.39. The summed E-state index contributed by atoms with van der Waals surface area (Å²) >= 11 is 4.39. The summed E-state index contributed by atoms with van der Waals surface area (Å²) in [6, 6.07) is 9.85. The van der Waals surface area contributed by atoms with Crippen LogP contribution in [0.2, 0.25) is 0 Å². The van der Waals surface area contributed by atoms with Gasteiger partial charge in [-0.3, -0.25) is 4.79 Å². The molecule has 1 atom stereocenters. The fourth-order valence-electron chi connectivity index (χ4n) is 1.86. The third kappa shape index (κ3) is 4.70. The van der Waals surface area contributed by atoms with Crippen LogP contribution in [0.3, 0.4) is 0 Å². The van der Waals surface area contributed by atoms with Gasteiger partial charge in [-0.05, 0) is 18.4 Å². The zero-order valence-electron chi connectivity index (χ0n) is 10.7. The summed E-state index contributed by atoms with van der Waals surface area (Å²) in [7, 11) is 0. The molecule has 0 radical (unpaired) electrons. The summed E-state index contributed by atoms with van der Waals surface area (Å²) in [4.78, 5) is 13.8. The molecule has 18 heavy (non-hydrogen) atoms. The second-order valence-electron chi connectivity index (χ2n) is 4.25. The van der Waals surface area contributed by atoms with Crippen LogP contribution in [0.5, 0.6) is 0 Å². The lowest BCUT2D eigenvalue weighted by molar-refractivity contribution is -0.131. The number of nitrogens with zero attached hydrogens (tertiary/aromatic N) is 1. The summed E-state index contributed by atoms with van der Waals surface area (Å²) in [5.74, 6) is -0.00177. The topological polar surface area (TPSA) is 40.5 Å². The van der Waals surface area contributed by atoms with Crippen LogP contribution < -0.4 is 0 Å². The second kappa shape index (κ2) is 8.16. The highest BCUT2D eigenvalue weighted by molar-refractivity contribution is 7.81. The van der Waals surface area contributed by atoms with Crippen LogP contribution in [0.15, 0.2) is 30.3 Å². The molecular formula is C14H21NO2S. The van der Waals surface area contributed by atoms with Crippen LogP contribution in [0.4, 0.5) is 0 Å². The van der Waals surface area contributed by atoms with Crippen LogP contribution in [0, 0.1) is 0 Å². The van der Waals surface area contributed by atoms with Crippen molar-refractivity contribution in [1.29, 1.82) is 0 Å². The van der Waals surface area contributed by atoms with Crippen LogP contribution in [-0.4, -0.2) is 40.9 Å². The third-order valence-corrected chi connectivity index (χ3v) is 3.14. The predicted molar refractivity (Wildman–Crippen MR) is 76.9 cm³/mol. The Hall–Kier alpha value is -1.00. The average molecular weight is 267 g/mol. The molecule has 3 nitrogen and oxygen atoms in total. The van der Waals surface area contributed by atoms with Crippen LogP contribution in [0.25, 0.3) is 0 Å². The van der Waals surface area contributed by atoms with Crippen LogP contribution >= 0.6 is 12.6 Å². The van der Waals surface area contributed by atoms with Gasteiger partial charge >= 0.3 is 0 Å². The zero-order valence-corrected chi connectivity index (χ0v) is 11.6. The maximum Gasteiger partial charge on any atom is 0.235 e. The summed E-state index contributed by atoms with van der Waals surface area (Å²) in [5, 5.41) is 8.62. The maximum atomic E-state index is 12.2. The molecule has 100 valence electrons. The maximum absolute atomic E-state index is 12.2. The van der Waals surface area contributed by atoms with Gasteiger partial charge in [-0.15, -0.1) is 0 Å². The van der Waals surface area contributed by atoms with Crippen LogP contribution in [0.1, 0.15) is 18.9 Å². The fraction of sp³-hybridized carbons (Fsp3) is 0.500. The zero-order chi connectivity index (χ0) is 13.4. The highest BCUT2D eigenvalue weighted by Gasteiger charge is 2.20. The minimum Gasteiger partial charge on any atom is -0.395 e. The molecular weight excluding hydrogens is 246 g/mol. The molecule has 0 aliphatic rings.